The zero-order chi connectivity index (χ0) is 20.4. The average molecular weight is 406 g/mol. The standard InChI is InChI=1S/C23H20ClN3O2/c1-14-3-4-15-5-7-18(23(28)22(15)26-14)21(16-9-11-25-12-10-16)27-17-6-8-20(29-2)19(24)13-17/h3-13,21,27-28H,1-2H3. The first-order valence-corrected chi connectivity index (χ1v) is 9.54. The highest BCUT2D eigenvalue weighted by Crippen LogP contribution is 2.37. The molecule has 0 aliphatic carbocycles. The molecule has 2 aromatic carbocycles. The van der Waals surface area contributed by atoms with Crippen LogP contribution in [0.5, 0.6) is 11.5 Å². The van der Waals surface area contributed by atoms with E-state index in [1.54, 1.807) is 31.6 Å². The van der Waals surface area contributed by atoms with E-state index in [9.17, 15) is 5.11 Å². The zero-order valence-electron chi connectivity index (χ0n) is 16.1. The summed E-state index contributed by atoms with van der Waals surface area (Å²) in [5.41, 5.74) is 3.90. The fourth-order valence-corrected chi connectivity index (χ4v) is 3.60. The fourth-order valence-electron chi connectivity index (χ4n) is 3.34. The molecule has 0 amide bonds. The topological polar surface area (TPSA) is 67.3 Å². The van der Waals surface area contributed by atoms with E-state index in [0.717, 1.165) is 22.3 Å². The SMILES string of the molecule is COc1ccc(NC(c2ccncc2)c2ccc3ccc(C)nc3c2O)cc1Cl. The molecule has 0 saturated carbocycles. The van der Waals surface area contributed by atoms with Crippen molar-refractivity contribution in [2.24, 2.45) is 0 Å². The predicted molar refractivity (Wildman–Crippen MR) is 116 cm³/mol. The molecule has 1 atom stereocenters. The lowest BCUT2D eigenvalue weighted by Crippen LogP contribution is -2.13. The van der Waals surface area contributed by atoms with Crippen molar-refractivity contribution in [1.82, 2.24) is 9.97 Å². The molecule has 1 unspecified atom stereocenters. The number of aryl methyl sites for hydroxylation is 1. The van der Waals surface area contributed by atoms with Crippen LogP contribution in [0.4, 0.5) is 5.69 Å². The van der Waals surface area contributed by atoms with Crippen LogP contribution in [0.1, 0.15) is 22.9 Å². The lowest BCUT2D eigenvalue weighted by Gasteiger charge is -2.23. The Hall–Kier alpha value is -3.31. The van der Waals surface area contributed by atoms with Crippen LogP contribution >= 0.6 is 11.6 Å². The van der Waals surface area contributed by atoms with E-state index in [4.69, 9.17) is 16.3 Å². The van der Waals surface area contributed by atoms with E-state index in [1.165, 1.54) is 0 Å². The number of anilines is 1. The van der Waals surface area contributed by atoms with Crippen LogP contribution in [0.25, 0.3) is 10.9 Å². The monoisotopic (exact) mass is 405 g/mol. The Kier molecular flexibility index (Phi) is 5.23. The van der Waals surface area contributed by atoms with Gasteiger partial charge in [-0.05, 0) is 48.9 Å². The number of ether oxygens (including phenoxy) is 1. The summed E-state index contributed by atoms with van der Waals surface area (Å²) in [6, 6.07) is 16.8. The molecular weight excluding hydrogens is 386 g/mol. The van der Waals surface area contributed by atoms with Gasteiger partial charge in [-0.3, -0.25) is 4.98 Å². The molecule has 2 heterocycles. The molecule has 146 valence electrons. The fraction of sp³-hybridized carbons (Fsp3) is 0.130. The molecule has 4 aromatic rings. The van der Waals surface area contributed by atoms with Crippen LogP contribution in [-0.2, 0) is 0 Å². The Morgan fingerprint density at radius 1 is 1.03 bits per heavy atom. The van der Waals surface area contributed by atoms with E-state index in [0.29, 0.717) is 21.9 Å². The van der Waals surface area contributed by atoms with Crippen molar-refractivity contribution in [2.45, 2.75) is 13.0 Å². The molecule has 0 aliphatic rings. The van der Waals surface area contributed by atoms with Gasteiger partial charge in [0, 0.05) is 34.7 Å². The number of rotatable bonds is 5. The molecule has 29 heavy (non-hydrogen) atoms. The van der Waals surface area contributed by atoms with E-state index >= 15 is 0 Å². The molecule has 0 saturated heterocycles. The summed E-state index contributed by atoms with van der Waals surface area (Å²) in [7, 11) is 1.58. The first-order chi connectivity index (χ1) is 14.1. The first kappa shape index (κ1) is 19.0. The quantitative estimate of drug-likeness (QED) is 0.458. The molecule has 0 radical (unpaired) electrons. The van der Waals surface area contributed by atoms with E-state index in [-0.39, 0.29) is 11.8 Å². The van der Waals surface area contributed by atoms with Crippen LogP contribution < -0.4 is 10.1 Å². The number of phenolic OH excluding ortho intramolecular Hbond substituents is 1. The predicted octanol–water partition coefficient (Wildman–Crippen LogP) is 5.51. The Morgan fingerprint density at radius 3 is 2.52 bits per heavy atom. The third-order valence-corrected chi connectivity index (χ3v) is 5.11. The van der Waals surface area contributed by atoms with E-state index < -0.39 is 0 Å². The van der Waals surface area contributed by atoms with Crippen molar-refractivity contribution in [3.63, 3.8) is 0 Å². The van der Waals surface area contributed by atoms with Gasteiger partial charge in [-0.1, -0.05) is 29.8 Å². The van der Waals surface area contributed by atoms with Crippen molar-refractivity contribution >= 4 is 28.2 Å². The van der Waals surface area contributed by atoms with Crippen molar-refractivity contribution in [2.75, 3.05) is 12.4 Å². The average Bonchev–Trinajstić information content (AvgIpc) is 2.74. The van der Waals surface area contributed by atoms with Crippen LogP contribution in [-0.4, -0.2) is 22.2 Å². The smallest absolute Gasteiger partial charge is 0.147 e. The summed E-state index contributed by atoms with van der Waals surface area (Å²) in [4.78, 5) is 8.64. The number of methoxy groups -OCH3 is 1. The maximum atomic E-state index is 11.1. The largest absolute Gasteiger partial charge is 0.505 e. The zero-order valence-corrected chi connectivity index (χ0v) is 16.8. The Labute approximate surface area is 174 Å². The Balaban J connectivity index is 1.82. The normalized spacial score (nSPS) is 12.0. The minimum absolute atomic E-state index is 0.153. The molecule has 0 bridgehead atoms. The van der Waals surface area contributed by atoms with Gasteiger partial charge in [-0.2, -0.15) is 0 Å². The second-order valence-electron chi connectivity index (χ2n) is 6.73. The summed E-state index contributed by atoms with van der Waals surface area (Å²) in [6.45, 7) is 1.91. The maximum absolute atomic E-state index is 11.1. The second kappa shape index (κ2) is 7.97. The maximum Gasteiger partial charge on any atom is 0.147 e. The number of phenols is 1. The second-order valence-corrected chi connectivity index (χ2v) is 7.14. The highest BCUT2D eigenvalue weighted by Gasteiger charge is 2.20. The highest BCUT2D eigenvalue weighted by atomic mass is 35.5. The number of nitrogens with one attached hydrogen (secondary N) is 1. The Morgan fingerprint density at radius 2 is 1.79 bits per heavy atom. The lowest BCUT2D eigenvalue weighted by atomic mass is 9.96. The van der Waals surface area contributed by atoms with Crippen LogP contribution in [0.15, 0.2) is 67.0 Å². The number of halogens is 1. The highest BCUT2D eigenvalue weighted by molar-refractivity contribution is 6.32. The molecule has 0 fully saturated rings. The van der Waals surface area contributed by atoms with Gasteiger partial charge < -0.3 is 15.2 Å². The van der Waals surface area contributed by atoms with Gasteiger partial charge in [-0.25, -0.2) is 4.98 Å². The summed E-state index contributed by atoms with van der Waals surface area (Å²) < 4.78 is 5.24. The molecule has 2 aromatic heterocycles. The van der Waals surface area contributed by atoms with Gasteiger partial charge in [0.1, 0.15) is 17.0 Å². The van der Waals surface area contributed by atoms with Crippen LogP contribution in [0, 0.1) is 6.92 Å². The minimum Gasteiger partial charge on any atom is -0.505 e. The van der Waals surface area contributed by atoms with Crippen molar-refractivity contribution in [1.29, 1.82) is 0 Å². The third kappa shape index (κ3) is 3.82. The van der Waals surface area contributed by atoms with Gasteiger partial charge in [0.25, 0.3) is 0 Å². The lowest BCUT2D eigenvalue weighted by molar-refractivity contribution is 0.415. The van der Waals surface area contributed by atoms with Crippen molar-refractivity contribution in [3.8, 4) is 11.5 Å². The summed E-state index contributed by atoms with van der Waals surface area (Å²) in [5, 5.41) is 15.9. The van der Waals surface area contributed by atoms with Gasteiger partial charge in [0.2, 0.25) is 0 Å². The van der Waals surface area contributed by atoms with Crippen LogP contribution in [0.2, 0.25) is 5.02 Å². The number of benzene rings is 2. The number of hydrogen-bond donors (Lipinski definition) is 2. The summed E-state index contributed by atoms with van der Waals surface area (Å²) in [6.07, 6.45) is 3.46. The summed E-state index contributed by atoms with van der Waals surface area (Å²) >= 11 is 6.30. The minimum atomic E-state index is -0.325. The Bertz CT molecular complexity index is 1170. The number of fused-ring (bicyclic) bond motifs is 1. The van der Waals surface area contributed by atoms with Crippen molar-refractivity contribution < 1.29 is 9.84 Å². The molecule has 4 rings (SSSR count). The molecule has 0 spiro atoms. The third-order valence-electron chi connectivity index (χ3n) is 4.82. The number of aromatic nitrogens is 2. The van der Waals surface area contributed by atoms with Gasteiger partial charge in [0.05, 0.1) is 18.2 Å². The van der Waals surface area contributed by atoms with Gasteiger partial charge in [-0.15, -0.1) is 0 Å². The van der Waals surface area contributed by atoms with Crippen LogP contribution in [0.3, 0.4) is 0 Å². The first-order valence-electron chi connectivity index (χ1n) is 9.16. The molecular formula is C23H20ClN3O2. The van der Waals surface area contributed by atoms with E-state index in [1.807, 2.05) is 49.4 Å². The van der Waals surface area contributed by atoms with Crippen molar-refractivity contribution in [3.05, 3.63) is 88.8 Å². The number of aromatic hydroxyl groups is 1. The van der Waals surface area contributed by atoms with Gasteiger partial charge in [0.15, 0.2) is 0 Å². The molecule has 0 aliphatic heterocycles. The summed E-state index contributed by atoms with van der Waals surface area (Å²) in [5.74, 6) is 0.756. The number of pyridine rings is 2. The molecule has 2 N–H and O–H groups in total. The number of nitrogens with zero attached hydrogens (tertiary/aromatic N) is 2. The number of hydrogen-bond acceptors (Lipinski definition) is 5. The molecule has 5 nitrogen and oxygen atoms in total. The van der Waals surface area contributed by atoms with Gasteiger partial charge >= 0.3 is 0 Å². The van der Waals surface area contributed by atoms with E-state index in [2.05, 4.69) is 15.3 Å². The molecule has 6 heteroatoms.